The number of hydrogen-bond donors (Lipinski definition) is 1. The molecule has 0 spiro atoms. The molecular weight excluding hydrogens is 340 g/mol. The Labute approximate surface area is 160 Å². The molecule has 1 aliphatic heterocycles. The average molecular weight is 363 g/mol. The highest BCUT2D eigenvalue weighted by Crippen LogP contribution is 2.36. The Morgan fingerprint density at radius 2 is 1.58 bits per heavy atom. The minimum absolute atomic E-state index is 0.611. The highest BCUT2D eigenvalue weighted by atomic mass is 35.5. The summed E-state index contributed by atoms with van der Waals surface area (Å²) in [5.74, 6) is 0. The number of dihydropyridines is 1. The molecule has 132 valence electrons. The number of nitrogens with one attached hydrogen (secondary N) is 1. The molecule has 26 heavy (non-hydrogen) atoms. The van der Waals surface area contributed by atoms with E-state index in [1.807, 2.05) is 6.92 Å². The maximum atomic E-state index is 6.47. The molecule has 0 amide bonds. The van der Waals surface area contributed by atoms with Gasteiger partial charge in [0.15, 0.2) is 0 Å². The molecule has 0 unspecified atom stereocenters. The van der Waals surface area contributed by atoms with Crippen LogP contribution in [-0.2, 0) is 6.42 Å². The lowest BCUT2D eigenvalue weighted by Crippen LogP contribution is -2.20. The monoisotopic (exact) mass is 362 g/mol. The molecule has 0 radical (unpaired) electrons. The van der Waals surface area contributed by atoms with Crippen molar-refractivity contribution in [2.75, 3.05) is 7.05 Å². The summed E-state index contributed by atoms with van der Waals surface area (Å²) in [6, 6.07) is 17.3. The molecule has 0 bridgehead atoms. The number of nitrogens with zero attached hydrogens (tertiary/aromatic N) is 1. The van der Waals surface area contributed by atoms with Crippen LogP contribution < -0.4 is 5.32 Å². The predicted molar refractivity (Wildman–Crippen MR) is 113 cm³/mol. The quantitative estimate of drug-likeness (QED) is 0.700. The fourth-order valence-electron chi connectivity index (χ4n) is 3.16. The zero-order chi connectivity index (χ0) is 18.7. The highest BCUT2D eigenvalue weighted by Gasteiger charge is 2.20. The molecule has 1 aliphatic rings. The summed E-state index contributed by atoms with van der Waals surface area (Å²) < 4.78 is 0. The lowest BCUT2D eigenvalue weighted by atomic mass is 9.92. The van der Waals surface area contributed by atoms with Gasteiger partial charge in [0, 0.05) is 24.5 Å². The van der Waals surface area contributed by atoms with E-state index in [-0.39, 0.29) is 0 Å². The van der Waals surface area contributed by atoms with Crippen molar-refractivity contribution in [1.29, 1.82) is 0 Å². The average Bonchev–Trinajstić information content (AvgIpc) is 2.63. The normalized spacial score (nSPS) is 15.0. The van der Waals surface area contributed by atoms with Crippen molar-refractivity contribution >= 4 is 23.4 Å². The van der Waals surface area contributed by atoms with Gasteiger partial charge in [-0.2, -0.15) is 0 Å². The molecule has 0 saturated heterocycles. The summed E-state index contributed by atoms with van der Waals surface area (Å²) in [6.07, 6.45) is 2.65. The number of benzene rings is 2. The Kier molecular flexibility index (Phi) is 5.43. The van der Waals surface area contributed by atoms with Crippen molar-refractivity contribution in [2.45, 2.75) is 20.3 Å². The maximum Gasteiger partial charge on any atom is 0.0758 e. The standard InChI is InChI=1S/C23H23ClN2/c1-15-5-7-18(8-6-15)13-19-9-11-20(12-10-19)22-16(2)23(24)21(14-25-4)26-17(22)3/h5-12,14,26H,2,13H2,1,3-4H3. The van der Waals surface area contributed by atoms with E-state index in [1.165, 1.54) is 16.7 Å². The van der Waals surface area contributed by atoms with Crippen LogP contribution >= 0.6 is 11.6 Å². The van der Waals surface area contributed by atoms with E-state index in [0.29, 0.717) is 5.03 Å². The first kappa shape index (κ1) is 18.2. The second kappa shape index (κ2) is 7.76. The van der Waals surface area contributed by atoms with E-state index in [1.54, 1.807) is 13.3 Å². The van der Waals surface area contributed by atoms with Gasteiger partial charge < -0.3 is 5.32 Å². The van der Waals surface area contributed by atoms with Crippen LogP contribution in [0.5, 0.6) is 0 Å². The topological polar surface area (TPSA) is 24.4 Å². The van der Waals surface area contributed by atoms with Gasteiger partial charge in [0.2, 0.25) is 0 Å². The third-order valence-corrected chi connectivity index (χ3v) is 4.96. The van der Waals surface area contributed by atoms with E-state index in [0.717, 1.165) is 34.5 Å². The van der Waals surface area contributed by atoms with Gasteiger partial charge in [0.05, 0.1) is 10.7 Å². The number of aliphatic imine (C=N–C) groups is 1. The first-order chi connectivity index (χ1) is 12.5. The molecule has 0 atom stereocenters. The van der Waals surface area contributed by atoms with Gasteiger partial charge in [-0.15, -0.1) is 0 Å². The minimum Gasteiger partial charge on any atom is -0.356 e. The number of rotatable bonds is 4. The molecule has 0 saturated carbocycles. The maximum absolute atomic E-state index is 6.47. The number of hydrogen-bond acceptors (Lipinski definition) is 2. The third kappa shape index (κ3) is 3.81. The summed E-state index contributed by atoms with van der Waals surface area (Å²) in [5, 5.41) is 3.93. The first-order valence-corrected chi connectivity index (χ1v) is 9.01. The van der Waals surface area contributed by atoms with Crippen LogP contribution in [0.4, 0.5) is 0 Å². The molecule has 3 heteroatoms. The Bertz CT molecular complexity index is 914. The number of halogens is 1. The smallest absolute Gasteiger partial charge is 0.0758 e. The van der Waals surface area contributed by atoms with Gasteiger partial charge in [-0.3, -0.25) is 4.99 Å². The highest BCUT2D eigenvalue weighted by molar-refractivity contribution is 6.35. The number of allylic oxidation sites excluding steroid dienone is 5. The Morgan fingerprint density at radius 1 is 1.00 bits per heavy atom. The second-order valence-corrected chi connectivity index (χ2v) is 6.96. The van der Waals surface area contributed by atoms with Crippen LogP contribution in [0.1, 0.15) is 29.2 Å². The van der Waals surface area contributed by atoms with Gasteiger partial charge >= 0.3 is 0 Å². The predicted octanol–water partition coefficient (Wildman–Crippen LogP) is 5.63. The van der Waals surface area contributed by atoms with E-state index in [4.69, 9.17) is 11.6 Å². The Morgan fingerprint density at radius 3 is 2.15 bits per heavy atom. The zero-order valence-electron chi connectivity index (χ0n) is 15.4. The van der Waals surface area contributed by atoms with Crippen LogP contribution in [0.2, 0.25) is 0 Å². The fourth-order valence-corrected chi connectivity index (χ4v) is 3.35. The zero-order valence-corrected chi connectivity index (χ0v) is 16.2. The van der Waals surface area contributed by atoms with Crippen LogP contribution in [-0.4, -0.2) is 13.3 Å². The molecule has 1 heterocycles. The van der Waals surface area contributed by atoms with Crippen molar-refractivity contribution in [2.24, 2.45) is 4.99 Å². The van der Waals surface area contributed by atoms with Crippen molar-refractivity contribution in [1.82, 2.24) is 5.32 Å². The summed E-state index contributed by atoms with van der Waals surface area (Å²) in [6.45, 7) is 8.33. The molecule has 2 aromatic rings. The molecule has 1 N–H and O–H groups in total. The van der Waals surface area contributed by atoms with Gasteiger partial charge in [-0.05, 0) is 42.5 Å². The van der Waals surface area contributed by atoms with Gasteiger partial charge in [0.1, 0.15) is 0 Å². The summed E-state index contributed by atoms with van der Waals surface area (Å²) >= 11 is 6.47. The van der Waals surface area contributed by atoms with E-state index in [2.05, 4.69) is 72.3 Å². The molecule has 0 aliphatic carbocycles. The Hall–Kier alpha value is -2.58. The van der Waals surface area contributed by atoms with Crippen molar-refractivity contribution in [3.63, 3.8) is 0 Å². The van der Waals surface area contributed by atoms with Crippen molar-refractivity contribution < 1.29 is 0 Å². The summed E-state index contributed by atoms with van der Waals surface area (Å²) in [4.78, 5) is 4.04. The van der Waals surface area contributed by atoms with E-state index in [9.17, 15) is 0 Å². The largest absolute Gasteiger partial charge is 0.356 e. The van der Waals surface area contributed by atoms with Gasteiger partial charge in [-0.1, -0.05) is 72.3 Å². The molecular formula is C23H23ClN2. The van der Waals surface area contributed by atoms with Crippen LogP contribution in [0.25, 0.3) is 5.57 Å². The number of aryl methyl sites for hydroxylation is 1. The Balaban J connectivity index is 1.83. The second-order valence-electron chi connectivity index (χ2n) is 6.58. The van der Waals surface area contributed by atoms with Crippen LogP contribution in [0, 0.1) is 6.92 Å². The lowest BCUT2D eigenvalue weighted by molar-refractivity contribution is 1.00. The molecule has 0 fully saturated rings. The summed E-state index contributed by atoms with van der Waals surface area (Å²) in [5.41, 5.74) is 8.68. The lowest BCUT2D eigenvalue weighted by Gasteiger charge is -2.23. The first-order valence-electron chi connectivity index (χ1n) is 8.64. The molecule has 3 rings (SSSR count). The SMILES string of the molecule is C=C1C(Cl)=C(C=NC)NC(C)=C1c1ccc(Cc2ccc(C)cc2)cc1. The van der Waals surface area contributed by atoms with Crippen molar-refractivity contribution in [3.8, 4) is 0 Å². The van der Waals surface area contributed by atoms with Crippen molar-refractivity contribution in [3.05, 3.63) is 99.4 Å². The van der Waals surface area contributed by atoms with Gasteiger partial charge in [0.25, 0.3) is 0 Å². The van der Waals surface area contributed by atoms with Crippen LogP contribution in [0.3, 0.4) is 0 Å². The van der Waals surface area contributed by atoms with Crippen LogP contribution in [0.15, 0.2) is 82.1 Å². The van der Waals surface area contributed by atoms with Gasteiger partial charge in [-0.25, -0.2) is 0 Å². The molecule has 2 aromatic carbocycles. The molecule has 0 aromatic heterocycles. The molecule has 2 nitrogen and oxygen atoms in total. The fraction of sp³-hybridized carbons (Fsp3) is 0.174. The minimum atomic E-state index is 0.611. The summed E-state index contributed by atoms with van der Waals surface area (Å²) in [7, 11) is 1.73. The third-order valence-electron chi connectivity index (χ3n) is 4.53. The van der Waals surface area contributed by atoms with E-state index < -0.39 is 0 Å². The van der Waals surface area contributed by atoms with E-state index >= 15 is 0 Å².